The Morgan fingerprint density at radius 2 is 0.403 bits per heavy atom. The van der Waals surface area contributed by atoms with Gasteiger partial charge in [-0.05, 0) is 40.0 Å². The second kappa shape index (κ2) is 75.0. The minimum atomic E-state index is -5.02. The fourth-order valence-electron chi connectivity index (χ4n) is 5.65. The predicted molar refractivity (Wildman–Crippen MR) is 276 cm³/mol. The number of unbranched alkanes of at least 4 members (excludes halogenated alkanes) is 30. The van der Waals surface area contributed by atoms with Gasteiger partial charge in [0.15, 0.2) is 0 Å². The van der Waals surface area contributed by atoms with Crippen LogP contribution in [-0.2, 0) is 29.5 Å². The lowest BCUT2D eigenvalue weighted by atomic mass is 10.1. The maximum atomic E-state index is 9.51. The first kappa shape index (κ1) is 75.9. The van der Waals surface area contributed by atoms with Crippen molar-refractivity contribution in [3.8, 4) is 0 Å². The maximum Gasteiger partial charge on any atom is 0.425 e. The zero-order valence-corrected chi connectivity index (χ0v) is 45.7. The van der Waals surface area contributed by atoms with Crippen LogP contribution in [0.5, 0.6) is 0 Å². The smallest absolute Gasteiger partial charge is 0.320 e. The summed E-state index contributed by atoms with van der Waals surface area (Å²) in [4.78, 5) is 0. The molecule has 0 fully saturated rings. The van der Waals surface area contributed by atoms with Crippen LogP contribution in [0, 0.1) is 0 Å². The average molecular weight is 938 g/mol. The summed E-state index contributed by atoms with van der Waals surface area (Å²) in [5, 5.41) is 6.32. The quantitative estimate of drug-likeness (QED) is 0.0205. The lowest BCUT2D eigenvalue weighted by molar-refractivity contribution is -0.105. The van der Waals surface area contributed by atoms with E-state index >= 15 is 0 Å². The summed E-state index contributed by atoms with van der Waals surface area (Å²) in [6, 6.07) is 0. The van der Waals surface area contributed by atoms with Gasteiger partial charge in [0, 0.05) is 0 Å². The van der Waals surface area contributed by atoms with Gasteiger partial charge in [0.2, 0.25) is 0 Å². The van der Waals surface area contributed by atoms with E-state index in [0.717, 1.165) is 0 Å². The Kier molecular flexibility index (Phi) is 91.8. The van der Waals surface area contributed by atoms with E-state index in [2.05, 4.69) is 88.5 Å². The monoisotopic (exact) mass is 937 g/mol. The van der Waals surface area contributed by atoms with Gasteiger partial charge in [-0.15, -0.1) is 0 Å². The molecule has 0 heterocycles. The van der Waals surface area contributed by atoms with Gasteiger partial charge in [0.25, 0.3) is 0 Å². The van der Waals surface area contributed by atoms with Gasteiger partial charge in [0.05, 0.1) is 0 Å². The Bertz CT molecular complexity index is 759. The molecule has 12 heteroatoms. The molecule has 0 spiro atoms. The second-order valence-electron chi connectivity index (χ2n) is 16.4. The van der Waals surface area contributed by atoms with Crippen LogP contribution < -0.4 is 10.6 Å². The molecular formula is C50H116N2O8S2. The zero-order chi connectivity index (χ0) is 48.7. The summed E-state index contributed by atoms with van der Waals surface area (Å²) < 4.78 is 58.9. The lowest BCUT2D eigenvalue weighted by Crippen LogP contribution is -2.10. The molecule has 0 unspecified atom stereocenters. The highest BCUT2D eigenvalue weighted by Gasteiger charge is 2.13. The second-order valence-corrected chi connectivity index (χ2v) is 18.4. The van der Waals surface area contributed by atoms with Crippen molar-refractivity contribution in [2.75, 3.05) is 27.2 Å². The Balaban J connectivity index is -0.000000114. The fourth-order valence-corrected chi connectivity index (χ4v) is 6.21. The molecule has 0 aromatic carbocycles. The molecule has 62 heavy (non-hydrogen) atoms. The third-order valence-corrected chi connectivity index (χ3v) is 10.2. The topological polar surface area (TPSA) is 151 Å². The summed E-state index contributed by atoms with van der Waals surface area (Å²) in [6.45, 7) is 24.9. The molecular weight excluding hydrogens is 821 g/mol. The Morgan fingerprint density at radius 1 is 0.274 bits per heavy atom. The highest BCUT2D eigenvalue weighted by atomic mass is 32.3. The van der Waals surface area contributed by atoms with E-state index < -0.39 is 20.8 Å². The van der Waals surface area contributed by atoms with Gasteiger partial charge in [0.1, 0.15) is 0 Å². The van der Waals surface area contributed by atoms with E-state index in [1.54, 1.807) is 0 Å². The van der Waals surface area contributed by atoms with Gasteiger partial charge in [-0.2, -0.15) is 16.8 Å². The molecule has 0 aromatic rings. The van der Waals surface area contributed by atoms with Crippen LogP contribution in [0.2, 0.25) is 0 Å². The maximum absolute atomic E-state index is 9.51. The Labute approximate surface area is 392 Å². The van der Waals surface area contributed by atoms with E-state index in [9.17, 15) is 16.8 Å². The molecule has 0 rings (SSSR count). The number of hydrogen-bond acceptors (Lipinski definition) is 8. The first-order valence-electron chi connectivity index (χ1n) is 26.3. The summed E-state index contributed by atoms with van der Waals surface area (Å²) in [6.07, 6.45) is 50.7. The predicted octanol–water partition coefficient (Wildman–Crippen LogP) is 17.1. The summed E-state index contributed by atoms with van der Waals surface area (Å²) in [7, 11) is -6.00. The first-order chi connectivity index (χ1) is 29.7. The molecule has 0 amide bonds. The first-order valence-corrected chi connectivity index (χ1v) is 29.0. The highest BCUT2D eigenvalue weighted by Crippen LogP contribution is 2.07. The van der Waals surface area contributed by atoms with Crippen LogP contribution in [0.15, 0.2) is 0 Å². The molecule has 0 radical (unpaired) electrons. The van der Waals surface area contributed by atoms with E-state index in [-0.39, 0.29) is 0 Å². The zero-order valence-electron chi connectivity index (χ0n) is 44.0. The molecule has 0 saturated heterocycles. The molecule has 0 aliphatic heterocycles. The molecule has 0 aliphatic carbocycles. The van der Waals surface area contributed by atoms with Crippen molar-refractivity contribution in [1.82, 2.24) is 10.6 Å². The molecule has 0 aromatic heterocycles. The van der Waals surface area contributed by atoms with Crippen LogP contribution in [0.25, 0.3) is 0 Å². The molecule has 0 bridgehead atoms. The molecule has 0 saturated carbocycles. The number of rotatable bonds is 37. The van der Waals surface area contributed by atoms with Crippen molar-refractivity contribution in [2.24, 2.45) is 0 Å². The largest absolute Gasteiger partial charge is 0.425 e. The van der Waals surface area contributed by atoms with Crippen LogP contribution in [0.1, 0.15) is 300 Å². The Morgan fingerprint density at radius 3 is 0.516 bits per heavy atom. The average Bonchev–Trinajstić information content (AvgIpc) is 3.24. The highest BCUT2D eigenvalue weighted by molar-refractivity contribution is 7.83. The van der Waals surface area contributed by atoms with Crippen molar-refractivity contribution in [2.45, 2.75) is 300 Å². The van der Waals surface area contributed by atoms with Crippen molar-refractivity contribution < 1.29 is 34.6 Å². The SMILES string of the molecule is CCCCCCCC.CCCCCCCC.CCCCCCCC.CCCCCCCC.CCCCCCCCNC.CCCCCCCCNC.O=S(=O)(O)OOS(=O)(=O)O. The van der Waals surface area contributed by atoms with E-state index in [4.69, 9.17) is 9.11 Å². The Hall–Kier alpha value is -0.340. The summed E-state index contributed by atoms with van der Waals surface area (Å²) in [5.74, 6) is 0. The van der Waals surface area contributed by atoms with Crippen LogP contribution >= 0.6 is 0 Å². The van der Waals surface area contributed by atoms with Gasteiger partial charge in [-0.1, -0.05) is 296 Å². The van der Waals surface area contributed by atoms with Gasteiger partial charge in [-0.3, -0.25) is 9.11 Å². The van der Waals surface area contributed by atoms with Crippen LogP contribution in [0.4, 0.5) is 0 Å². The van der Waals surface area contributed by atoms with E-state index in [1.807, 2.05) is 14.1 Å². The normalized spacial score (nSPS) is 10.5. The molecule has 0 atom stereocenters. The molecule has 4 N–H and O–H groups in total. The third kappa shape index (κ3) is 124. The van der Waals surface area contributed by atoms with Crippen molar-refractivity contribution in [3.63, 3.8) is 0 Å². The number of hydrogen-bond donors (Lipinski definition) is 4. The van der Waals surface area contributed by atoms with E-state index in [1.165, 1.54) is 244 Å². The fraction of sp³-hybridized carbons (Fsp3) is 1.00. The minimum Gasteiger partial charge on any atom is -0.320 e. The van der Waals surface area contributed by atoms with Crippen LogP contribution in [-0.4, -0.2) is 53.1 Å². The van der Waals surface area contributed by atoms with Gasteiger partial charge >= 0.3 is 20.8 Å². The van der Waals surface area contributed by atoms with Crippen molar-refractivity contribution >= 4 is 20.8 Å². The van der Waals surface area contributed by atoms with Gasteiger partial charge < -0.3 is 10.6 Å². The van der Waals surface area contributed by atoms with Crippen molar-refractivity contribution in [3.05, 3.63) is 0 Å². The summed E-state index contributed by atoms with van der Waals surface area (Å²) in [5.41, 5.74) is 0. The number of nitrogens with one attached hydrogen (secondary N) is 2. The molecule has 10 nitrogen and oxygen atoms in total. The minimum absolute atomic E-state index is 1.19. The standard InChI is InChI=1S/2C9H21N.4C8H18.H2O8S2/c2*1-3-4-5-6-7-8-9-10-2;4*1-3-5-7-8-6-4-2;1-9(2,3)7-8-10(4,5)6/h2*10H,3-9H2,1-2H3;4*3-8H2,1-2H3;(H,1,2,3)(H,4,5,6). The van der Waals surface area contributed by atoms with Crippen LogP contribution in [0.3, 0.4) is 0 Å². The molecule has 386 valence electrons. The third-order valence-electron chi connectivity index (χ3n) is 9.59. The van der Waals surface area contributed by atoms with E-state index in [0.29, 0.717) is 0 Å². The van der Waals surface area contributed by atoms with Crippen molar-refractivity contribution in [1.29, 1.82) is 0 Å². The molecule has 0 aliphatic rings. The lowest BCUT2D eigenvalue weighted by Gasteiger charge is -1.98. The van der Waals surface area contributed by atoms with Gasteiger partial charge in [-0.25, -0.2) is 0 Å². The summed E-state index contributed by atoms with van der Waals surface area (Å²) >= 11 is 0.